The number of nitrogens with two attached hydrogens (primary N) is 1. The molecule has 0 aromatic heterocycles. The van der Waals surface area contributed by atoms with Crippen LogP contribution in [0.25, 0.3) is 0 Å². The first kappa shape index (κ1) is 14.1. The van der Waals surface area contributed by atoms with Crippen molar-refractivity contribution in [2.75, 3.05) is 5.73 Å². The van der Waals surface area contributed by atoms with Gasteiger partial charge in [-0.25, -0.2) is 0 Å². The van der Waals surface area contributed by atoms with Crippen molar-refractivity contribution in [1.29, 1.82) is 0 Å². The van der Waals surface area contributed by atoms with Gasteiger partial charge < -0.3 is 16.2 Å². The van der Waals surface area contributed by atoms with E-state index in [2.05, 4.69) is 21.2 Å². The monoisotopic (exact) mass is 346 g/mol. The summed E-state index contributed by atoms with van der Waals surface area (Å²) >= 11 is 3.33. The molecule has 4 nitrogen and oxygen atoms in total. The van der Waals surface area contributed by atoms with E-state index in [-0.39, 0.29) is 5.91 Å². The van der Waals surface area contributed by atoms with E-state index in [0.717, 1.165) is 15.6 Å². The Morgan fingerprint density at radius 1 is 1.29 bits per heavy atom. The lowest BCUT2D eigenvalue weighted by molar-refractivity contribution is 0.0859. The maximum atomic E-state index is 12.4. The van der Waals surface area contributed by atoms with Gasteiger partial charge in [0.05, 0.1) is 17.7 Å². The average molecular weight is 347 g/mol. The Hall–Kier alpha value is -1.85. The molecule has 3 rings (SSSR count). The van der Waals surface area contributed by atoms with Crippen molar-refractivity contribution >= 4 is 27.5 Å². The summed E-state index contributed by atoms with van der Waals surface area (Å²) < 4.78 is 0.786. The van der Waals surface area contributed by atoms with Crippen LogP contribution in [0, 0.1) is 0 Å². The highest BCUT2D eigenvalue weighted by atomic mass is 79.9. The molecular formula is C16H15BrN2O2. The van der Waals surface area contributed by atoms with Gasteiger partial charge >= 0.3 is 0 Å². The quantitative estimate of drug-likeness (QED) is 0.731. The number of carbonyl (C=O) groups is 1. The van der Waals surface area contributed by atoms with Gasteiger partial charge in [-0.2, -0.15) is 0 Å². The predicted octanol–water partition coefficient (Wildman–Crippen LogP) is 2.42. The maximum Gasteiger partial charge on any atom is 0.253 e. The van der Waals surface area contributed by atoms with E-state index in [0.29, 0.717) is 17.7 Å². The molecule has 0 saturated carbocycles. The third-order valence-corrected chi connectivity index (χ3v) is 4.24. The number of anilines is 1. The van der Waals surface area contributed by atoms with E-state index in [9.17, 15) is 9.90 Å². The zero-order valence-electron chi connectivity index (χ0n) is 11.2. The highest BCUT2D eigenvalue weighted by Crippen LogP contribution is 2.31. The van der Waals surface area contributed by atoms with Gasteiger partial charge in [0.15, 0.2) is 0 Å². The van der Waals surface area contributed by atoms with Crippen molar-refractivity contribution in [3.8, 4) is 0 Å². The summed E-state index contributed by atoms with van der Waals surface area (Å²) in [6, 6.07) is 12.5. The topological polar surface area (TPSA) is 75.4 Å². The van der Waals surface area contributed by atoms with Crippen molar-refractivity contribution in [2.45, 2.75) is 18.6 Å². The Bertz CT molecular complexity index is 702. The second-order valence-electron chi connectivity index (χ2n) is 5.15. The number of fused-ring (bicyclic) bond motifs is 1. The molecule has 1 aliphatic rings. The summed E-state index contributed by atoms with van der Waals surface area (Å²) in [4.78, 5) is 12.4. The van der Waals surface area contributed by atoms with E-state index in [4.69, 9.17) is 5.73 Å². The molecule has 0 radical (unpaired) electrons. The van der Waals surface area contributed by atoms with Crippen LogP contribution in [0.15, 0.2) is 46.9 Å². The summed E-state index contributed by atoms with van der Waals surface area (Å²) in [6.07, 6.45) is -0.0607. The van der Waals surface area contributed by atoms with Crippen LogP contribution in [-0.2, 0) is 6.42 Å². The summed E-state index contributed by atoms with van der Waals surface area (Å²) in [7, 11) is 0. The minimum absolute atomic E-state index is 0.283. The van der Waals surface area contributed by atoms with E-state index in [1.165, 1.54) is 0 Å². The maximum absolute atomic E-state index is 12.4. The lowest BCUT2D eigenvalue weighted by atomic mass is 10.1. The first-order chi connectivity index (χ1) is 10.1. The van der Waals surface area contributed by atoms with Crippen molar-refractivity contribution in [2.24, 2.45) is 0 Å². The normalized spacial score (nSPS) is 20.1. The molecule has 0 unspecified atom stereocenters. The van der Waals surface area contributed by atoms with Crippen LogP contribution in [-0.4, -0.2) is 17.1 Å². The van der Waals surface area contributed by atoms with Gasteiger partial charge in [-0.3, -0.25) is 4.79 Å². The van der Waals surface area contributed by atoms with Crippen LogP contribution in [0.1, 0.15) is 27.5 Å². The van der Waals surface area contributed by atoms with Crippen LogP contribution in [0.3, 0.4) is 0 Å². The third-order valence-electron chi connectivity index (χ3n) is 3.75. The average Bonchev–Trinajstić information content (AvgIpc) is 2.78. The van der Waals surface area contributed by atoms with E-state index in [1.54, 1.807) is 18.2 Å². The SMILES string of the molecule is Nc1ccc(Br)cc1C(=O)N[C@@H]1c2ccccc2C[C@@H]1O. The Morgan fingerprint density at radius 2 is 2.05 bits per heavy atom. The molecule has 0 aliphatic heterocycles. The van der Waals surface area contributed by atoms with E-state index >= 15 is 0 Å². The number of amides is 1. The van der Waals surface area contributed by atoms with Gasteiger partial charge in [0.1, 0.15) is 0 Å². The number of hydrogen-bond donors (Lipinski definition) is 3. The first-order valence-electron chi connectivity index (χ1n) is 6.68. The number of carbonyl (C=O) groups excluding carboxylic acids is 1. The molecule has 2 aromatic rings. The highest BCUT2D eigenvalue weighted by molar-refractivity contribution is 9.10. The fourth-order valence-electron chi connectivity index (χ4n) is 2.69. The van der Waals surface area contributed by atoms with Crippen LogP contribution < -0.4 is 11.1 Å². The van der Waals surface area contributed by atoms with Gasteiger partial charge in [-0.1, -0.05) is 40.2 Å². The standard InChI is InChI=1S/C16H15BrN2O2/c17-10-5-6-13(18)12(8-10)16(21)19-15-11-4-2-1-3-9(11)7-14(15)20/h1-6,8,14-15,20H,7,18H2,(H,19,21)/t14-,15+/m0/s1. The summed E-state index contributed by atoms with van der Waals surface area (Å²) in [5.41, 5.74) is 8.70. The van der Waals surface area contributed by atoms with Crippen molar-refractivity contribution in [3.05, 3.63) is 63.6 Å². The molecule has 108 valence electrons. The molecule has 0 saturated heterocycles. The summed E-state index contributed by atoms with van der Waals surface area (Å²) in [6.45, 7) is 0. The second kappa shape index (κ2) is 5.50. The van der Waals surface area contributed by atoms with Crippen molar-refractivity contribution in [1.82, 2.24) is 5.32 Å². The number of aliphatic hydroxyl groups is 1. The minimum Gasteiger partial charge on any atom is -0.398 e. The van der Waals surface area contributed by atoms with Crippen molar-refractivity contribution < 1.29 is 9.90 Å². The molecule has 2 atom stereocenters. The lowest BCUT2D eigenvalue weighted by Gasteiger charge is -2.18. The van der Waals surface area contributed by atoms with Gasteiger partial charge in [-0.15, -0.1) is 0 Å². The molecule has 4 N–H and O–H groups in total. The van der Waals surface area contributed by atoms with Crippen molar-refractivity contribution in [3.63, 3.8) is 0 Å². The zero-order chi connectivity index (χ0) is 15.0. The van der Waals surface area contributed by atoms with Crippen LogP contribution in [0.4, 0.5) is 5.69 Å². The Kier molecular flexibility index (Phi) is 3.69. The number of rotatable bonds is 2. The predicted molar refractivity (Wildman–Crippen MR) is 84.9 cm³/mol. The molecular weight excluding hydrogens is 332 g/mol. The molecule has 21 heavy (non-hydrogen) atoms. The fourth-order valence-corrected chi connectivity index (χ4v) is 3.05. The minimum atomic E-state index is -0.611. The smallest absolute Gasteiger partial charge is 0.253 e. The zero-order valence-corrected chi connectivity index (χ0v) is 12.8. The molecule has 0 fully saturated rings. The molecule has 0 bridgehead atoms. The van der Waals surface area contributed by atoms with Gasteiger partial charge in [-0.05, 0) is 29.3 Å². The number of hydrogen-bond acceptors (Lipinski definition) is 3. The Morgan fingerprint density at radius 3 is 2.86 bits per heavy atom. The fraction of sp³-hybridized carbons (Fsp3) is 0.188. The molecule has 2 aromatic carbocycles. The number of nitrogens with one attached hydrogen (secondary N) is 1. The lowest BCUT2D eigenvalue weighted by Crippen LogP contribution is -2.34. The Balaban J connectivity index is 1.87. The number of halogens is 1. The Labute approximate surface area is 131 Å². The summed E-state index contributed by atoms with van der Waals surface area (Å²) in [5.74, 6) is -0.283. The molecule has 0 spiro atoms. The first-order valence-corrected chi connectivity index (χ1v) is 7.47. The van der Waals surface area contributed by atoms with E-state index < -0.39 is 12.1 Å². The number of nitrogen functional groups attached to an aromatic ring is 1. The molecule has 1 aliphatic carbocycles. The third kappa shape index (κ3) is 2.66. The van der Waals surface area contributed by atoms with Gasteiger partial charge in [0, 0.05) is 16.6 Å². The summed E-state index contributed by atoms with van der Waals surface area (Å²) in [5, 5.41) is 13.1. The van der Waals surface area contributed by atoms with Gasteiger partial charge in [0.25, 0.3) is 5.91 Å². The van der Waals surface area contributed by atoms with E-state index in [1.807, 2.05) is 24.3 Å². The molecule has 0 heterocycles. The van der Waals surface area contributed by atoms with Crippen LogP contribution in [0.5, 0.6) is 0 Å². The molecule has 5 heteroatoms. The number of aliphatic hydroxyl groups excluding tert-OH is 1. The molecule has 1 amide bonds. The van der Waals surface area contributed by atoms with Crippen LogP contribution in [0.2, 0.25) is 0 Å². The largest absolute Gasteiger partial charge is 0.398 e. The van der Waals surface area contributed by atoms with Crippen LogP contribution >= 0.6 is 15.9 Å². The highest BCUT2D eigenvalue weighted by Gasteiger charge is 2.32. The van der Waals surface area contributed by atoms with Gasteiger partial charge in [0.2, 0.25) is 0 Å². The second-order valence-corrected chi connectivity index (χ2v) is 6.07. The number of benzene rings is 2.